The van der Waals surface area contributed by atoms with Gasteiger partial charge in [-0.3, -0.25) is 4.72 Å². The van der Waals surface area contributed by atoms with Gasteiger partial charge >= 0.3 is 0 Å². The smallest absolute Gasteiger partial charge is 0.255 e. The highest BCUT2D eigenvalue weighted by atomic mass is 32.2. The molecule has 122 valence electrons. The van der Waals surface area contributed by atoms with E-state index in [4.69, 9.17) is 4.42 Å². The van der Waals surface area contributed by atoms with E-state index in [1.165, 1.54) is 6.08 Å². The molecule has 0 saturated carbocycles. The lowest BCUT2D eigenvalue weighted by atomic mass is 10.2. The molecule has 0 aliphatic carbocycles. The van der Waals surface area contributed by atoms with Crippen LogP contribution < -0.4 is 4.72 Å². The lowest BCUT2D eigenvalue weighted by Crippen LogP contribution is -2.08. The number of anilines is 1. The molecule has 0 fully saturated rings. The maximum atomic E-state index is 12.1. The highest BCUT2D eigenvalue weighted by molar-refractivity contribution is 7.95. The minimum atomic E-state index is -3.59. The zero-order valence-corrected chi connectivity index (χ0v) is 13.7. The van der Waals surface area contributed by atoms with Crippen LogP contribution in [0, 0.1) is 6.92 Å². The minimum absolute atomic E-state index is 0.394. The van der Waals surface area contributed by atoms with Gasteiger partial charge in [0.15, 0.2) is 0 Å². The number of aryl methyl sites for hydroxylation is 1. The van der Waals surface area contributed by atoms with Crippen LogP contribution in [0.5, 0.6) is 0 Å². The molecule has 0 spiro atoms. The molecule has 3 rings (SSSR count). The summed E-state index contributed by atoms with van der Waals surface area (Å²) >= 11 is 0. The molecular formula is C17H15N3O3S. The second-order valence-corrected chi connectivity index (χ2v) is 6.63. The quantitative estimate of drug-likeness (QED) is 0.768. The number of nitrogens with one attached hydrogen (secondary N) is 1. The molecule has 0 radical (unpaired) electrons. The minimum Gasteiger partial charge on any atom is -0.421 e. The maximum Gasteiger partial charge on any atom is 0.255 e. The van der Waals surface area contributed by atoms with Crippen LogP contribution in [0.3, 0.4) is 0 Å². The number of sulfonamides is 1. The second-order valence-electron chi connectivity index (χ2n) is 5.06. The van der Waals surface area contributed by atoms with E-state index in [0.717, 1.165) is 16.5 Å². The standard InChI is InChI=1S/C17H15N3O3S/c1-13-18-19-17(23-13)15-7-9-16(10-8-15)20-24(21,22)12-11-14-5-3-2-4-6-14/h2-12,20H,1H3. The molecule has 0 bridgehead atoms. The lowest BCUT2D eigenvalue weighted by molar-refractivity contribution is 0.533. The van der Waals surface area contributed by atoms with Crippen molar-refractivity contribution in [2.24, 2.45) is 0 Å². The Labute approximate surface area is 139 Å². The van der Waals surface area contributed by atoms with Crippen molar-refractivity contribution in [2.45, 2.75) is 6.92 Å². The summed E-state index contributed by atoms with van der Waals surface area (Å²) in [5.41, 5.74) is 1.98. The van der Waals surface area contributed by atoms with Gasteiger partial charge in [0.2, 0.25) is 11.8 Å². The summed E-state index contributed by atoms with van der Waals surface area (Å²) in [6.07, 6.45) is 1.54. The van der Waals surface area contributed by atoms with Crippen molar-refractivity contribution in [3.8, 4) is 11.5 Å². The predicted octanol–water partition coefficient (Wildman–Crippen LogP) is 3.46. The molecule has 2 aromatic carbocycles. The Morgan fingerprint density at radius 3 is 2.33 bits per heavy atom. The fourth-order valence-electron chi connectivity index (χ4n) is 2.02. The molecular weight excluding hydrogens is 326 g/mol. The Morgan fingerprint density at radius 1 is 1.00 bits per heavy atom. The molecule has 6 nitrogen and oxygen atoms in total. The summed E-state index contributed by atoms with van der Waals surface area (Å²) in [6, 6.07) is 15.9. The average molecular weight is 341 g/mol. The molecule has 1 N–H and O–H groups in total. The van der Waals surface area contributed by atoms with E-state index in [-0.39, 0.29) is 0 Å². The molecule has 1 heterocycles. The van der Waals surface area contributed by atoms with Gasteiger partial charge in [-0.15, -0.1) is 10.2 Å². The highest BCUT2D eigenvalue weighted by Gasteiger charge is 2.08. The molecule has 24 heavy (non-hydrogen) atoms. The molecule has 0 aliphatic rings. The fourth-order valence-corrected chi connectivity index (χ4v) is 2.89. The van der Waals surface area contributed by atoms with Gasteiger partial charge in [0.1, 0.15) is 0 Å². The number of nitrogens with zero attached hydrogens (tertiary/aromatic N) is 2. The summed E-state index contributed by atoms with van der Waals surface area (Å²) in [4.78, 5) is 0. The van der Waals surface area contributed by atoms with Crippen LogP contribution in [-0.2, 0) is 10.0 Å². The van der Waals surface area contributed by atoms with E-state index >= 15 is 0 Å². The molecule has 7 heteroatoms. The van der Waals surface area contributed by atoms with Crippen molar-refractivity contribution in [3.63, 3.8) is 0 Å². The van der Waals surface area contributed by atoms with Crippen molar-refractivity contribution in [1.82, 2.24) is 10.2 Å². The first kappa shape index (κ1) is 15.9. The van der Waals surface area contributed by atoms with Gasteiger partial charge in [-0.05, 0) is 35.9 Å². The summed E-state index contributed by atoms with van der Waals surface area (Å²) in [5, 5.41) is 8.81. The van der Waals surface area contributed by atoms with E-state index in [2.05, 4.69) is 14.9 Å². The Bertz CT molecular complexity index is 946. The predicted molar refractivity (Wildman–Crippen MR) is 92.5 cm³/mol. The molecule has 1 aromatic heterocycles. The van der Waals surface area contributed by atoms with Crippen LogP contribution in [0.15, 0.2) is 64.4 Å². The average Bonchev–Trinajstić information content (AvgIpc) is 3.01. The molecule has 0 unspecified atom stereocenters. The van der Waals surface area contributed by atoms with Crippen LogP contribution in [0.2, 0.25) is 0 Å². The van der Waals surface area contributed by atoms with Crippen molar-refractivity contribution >= 4 is 21.8 Å². The van der Waals surface area contributed by atoms with E-state index in [0.29, 0.717) is 17.5 Å². The second kappa shape index (κ2) is 6.67. The van der Waals surface area contributed by atoms with Gasteiger partial charge in [0.05, 0.1) is 5.41 Å². The van der Waals surface area contributed by atoms with Crippen molar-refractivity contribution < 1.29 is 12.8 Å². The Balaban J connectivity index is 1.72. The zero-order chi connectivity index (χ0) is 17.0. The van der Waals surface area contributed by atoms with Crippen molar-refractivity contribution in [1.29, 1.82) is 0 Å². The van der Waals surface area contributed by atoms with E-state index in [1.807, 2.05) is 30.3 Å². The number of aromatic nitrogens is 2. The largest absolute Gasteiger partial charge is 0.421 e. The van der Waals surface area contributed by atoms with E-state index in [1.54, 1.807) is 31.2 Å². The van der Waals surface area contributed by atoms with Crippen molar-refractivity contribution in [3.05, 3.63) is 71.5 Å². The van der Waals surface area contributed by atoms with Gasteiger partial charge in [0.25, 0.3) is 10.0 Å². The molecule has 0 saturated heterocycles. The molecule has 0 atom stereocenters. The number of hydrogen-bond acceptors (Lipinski definition) is 5. The maximum absolute atomic E-state index is 12.1. The van der Waals surface area contributed by atoms with Gasteiger partial charge < -0.3 is 4.42 Å². The monoisotopic (exact) mass is 341 g/mol. The van der Waals surface area contributed by atoms with Gasteiger partial charge in [0, 0.05) is 18.2 Å². The third-order valence-corrected chi connectivity index (χ3v) is 4.17. The van der Waals surface area contributed by atoms with Crippen LogP contribution in [0.1, 0.15) is 11.5 Å². The van der Waals surface area contributed by atoms with E-state index < -0.39 is 10.0 Å². The lowest BCUT2D eigenvalue weighted by Gasteiger charge is -2.04. The van der Waals surface area contributed by atoms with Crippen molar-refractivity contribution in [2.75, 3.05) is 4.72 Å². The first-order chi connectivity index (χ1) is 11.5. The third-order valence-electron chi connectivity index (χ3n) is 3.16. The summed E-state index contributed by atoms with van der Waals surface area (Å²) in [7, 11) is -3.59. The summed E-state index contributed by atoms with van der Waals surface area (Å²) < 4.78 is 32.0. The normalized spacial score (nSPS) is 11.7. The number of hydrogen-bond donors (Lipinski definition) is 1. The first-order valence-electron chi connectivity index (χ1n) is 7.18. The van der Waals surface area contributed by atoms with Crippen LogP contribution in [0.4, 0.5) is 5.69 Å². The molecule has 0 amide bonds. The Hall–Kier alpha value is -2.93. The SMILES string of the molecule is Cc1nnc(-c2ccc(NS(=O)(=O)C=Cc3ccccc3)cc2)o1. The first-order valence-corrected chi connectivity index (χ1v) is 8.73. The highest BCUT2D eigenvalue weighted by Crippen LogP contribution is 2.20. The van der Waals surface area contributed by atoms with Gasteiger partial charge in [-0.25, -0.2) is 8.42 Å². The van der Waals surface area contributed by atoms with Crippen LogP contribution >= 0.6 is 0 Å². The van der Waals surface area contributed by atoms with Gasteiger partial charge in [-0.1, -0.05) is 30.3 Å². The Kier molecular flexibility index (Phi) is 4.43. The zero-order valence-electron chi connectivity index (χ0n) is 12.9. The summed E-state index contributed by atoms with van der Waals surface area (Å²) in [6.45, 7) is 1.71. The van der Waals surface area contributed by atoms with E-state index in [9.17, 15) is 8.42 Å². The Morgan fingerprint density at radius 2 is 1.71 bits per heavy atom. The number of benzene rings is 2. The summed E-state index contributed by atoms with van der Waals surface area (Å²) in [5.74, 6) is 0.867. The number of rotatable bonds is 5. The van der Waals surface area contributed by atoms with Gasteiger partial charge in [-0.2, -0.15) is 0 Å². The molecule has 0 aliphatic heterocycles. The topological polar surface area (TPSA) is 85.1 Å². The third kappa shape index (κ3) is 4.08. The van der Waals surface area contributed by atoms with Crippen LogP contribution in [-0.4, -0.2) is 18.6 Å². The molecule has 3 aromatic rings. The fraction of sp³-hybridized carbons (Fsp3) is 0.0588. The van der Waals surface area contributed by atoms with Crippen LogP contribution in [0.25, 0.3) is 17.5 Å².